The largest absolute Gasteiger partial charge is 0.378 e. The molecule has 0 aliphatic rings. The second-order valence-corrected chi connectivity index (χ2v) is 6.21. The van der Waals surface area contributed by atoms with E-state index >= 15 is 0 Å². The van der Waals surface area contributed by atoms with E-state index in [0.717, 1.165) is 19.0 Å². The van der Waals surface area contributed by atoms with E-state index in [9.17, 15) is 0 Å². The molecule has 0 radical (unpaired) electrons. The zero-order chi connectivity index (χ0) is 17.5. The third kappa shape index (κ3) is 6.23. The predicted octanol–water partition coefficient (Wildman–Crippen LogP) is 3.85. The lowest BCUT2D eigenvalue weighted by Gasteiger charge is -2.17. The molecule has 0 aliphatic carbocycles. The lowest BCUT2D eigenvalue weighted by molar-refractivity contribution is 0.803. The Morgan fingerprint density at radius 3 is 2.04 bits per heavy atom. The summed E-state index contributed by atoms with van der Waals surface area (Å²) in [6.45, 7) is 5.80. The molecule has 0 amide bonds. The highest BCUT2D eigenvalue weighted by Crippen LogP contribution is 2.17. The van der Waals surface area contributed by atoms with Crippen molar-refractivity contribution in [2.45, 2.75) is 26.9 Å². The maximum Gasteiger partial charge on any atom is 0.191 e. The van der Waals surface area contributed by atoms with Crippen LogP contribution in [-0.4, -0.2) is 27.1 Å². The lowest BCUT2D eigenvalue weighted by Crippen LogP contribution is -2.36. The number of hydrogen-bond acceptors (Lipinski definition) is 2. The van der Waals surface area contributed by atoms with E-state index < -0.39 is 0 Å². The molecule has 2 N–H and O–H groups in total. The Morgan fingerprint density at radius 1 is 0.920 bits per heavy atom. The third-order valence-electron chi connectivity index (χ3n) is 4.22. The van der Waals surface area contributed by atoms with Gasteiger partial charge in [-0.1, -0.05) is 30.3 Å². The van der Waals surface area contributed by atoms with Gasteiger partial charge in [0.05, 0.1) is 0 Å². The quantitative estimate of drug-likeness (QED) is 0.411. The number of halogens is 1. The van der Waals surface area contributed by atoms with E-state index in [0.29, 0.717) is 0 Å². The average molecular weight is 452 g/mol. The van der Waals surface area contributed by atoms with Crippen molar-refractivity contribution in [3.63, 3.8) is 0 Å². The number of rotatable bonds is 5. The molecule has 0 aliphatic heterocycles. The molecule has 0 saturated heterocycles. The van der Waals surface area contributed by atoms with Gasteiger partial charge in [0.1, 0.15) is 0 Å². The number of anilines is 1. The lowest BCUT2D eigenvalue weighted by atomic mass is 10.1. The van der Waals surface area contributed by atoms with E-state index in [2.05, 4.69) is 90.9 Å². The Hall–Kier alpha value is -1.76. The van der Waals surface area contributed by atoms with Crippen LogP contribution in [0.4, 0.5) is 5.69 Å². The minimum atomic E-state index is 0. The van der Waals surface area contributed by atoms with Gasteiger partial charge in [0.15, 0.2) is 5.96 Å². The van der Waals surface area contributed by atoms with Crippen molar-refractivity contribution in [2.24, 2.45) is 4.99 Å². The zero-order valence-corrected chi connectivity index (χ0v) is 18.1. The Bertz CT molecular complexity index is 711. The molecule has 0 spiro atoms. The van der Waals surface area contributed by atoms with Gasteiger partial charge in [0.25, 0.3) is 0 Å². The maximum atomic E-state index is 4.31. The SMILES string of the molecule is CN=C(NCc1ccccc1C)NCc1ccc(N(C)C)cc1C.I. The summed E-state index contributed by atoms with van der Waals surface area (Å²) in [6, 6.07) is 14.9. The van der Waals surface area contributed by atoms with E-state index in [1.54, 1.807) is 7.05 Å². The van der Waals surface area contributed by atoms with Gasteiger partial charge in [-0.05, 0) is 48.2 Å². The fourth-order valence-corrected chi connectivity index (χ4v) is 2.54. The normalized spacial score (nSPS) is 10.8. The minimum Gasteiger partial charge on any atom is -0.378 e. The highest BCUT2D eigenvalue weighted by atomic mass is 127. The zero-order valence-electron chi connectivity index (χ0n) is 15.8. The van der Waals surface area contributed by atoms with E-state index in [1.165, 1.54) is 27.9 Å². The summed E-state index contributed by atoms with van der Waals surface area (Å²) in [4.78, 5) is 6.43. The van der Waals surface area contributed by atoms with Crippen molar-refractivity contribution in [2.75, 3.05) is 26.0 Å². The van der Waals surface area contributed by atoms with Crippen LogP contribution >= 0.6 is 24.0 Å². The maximum absolute atomic E-state index is 4.31. The number of benzene rings is 2. The van der Waals surface area contributed by atoms with Crippen LogP contribution in [0.5, 0.6) is 0 Å². The molecule has 0 saturated carbocycles. The first-order valence-corrected chi connectivity index (χ1v) is 8.27. The second kappa shape index (κ2) is 10.3. The number of guanidine groups is 1. The topological polar surface area (TPSA) is 39.7 Å². The van der Waals surface area contributed by atoms with Crippen molar-refractivity contribution in [3.8, 4) is 0 Å². The molecule has 0 aromatic heterocycles. The van der Waals surface area contributed by atoms with Crippen LogP contribution in [0.15, 0.2) is 47.5 Å². The highest BCUT2D eigenvalue weighted by Gasteiger charge is 2.04. The van der Waals surface area contributed by atoms with Crippen molar-refractivity contribution in [1.82, 2.24) is 10.6 Å². The number of nitrogens with one attached hydrogen (secondary N) is 2. The monoisotopic (exact) mass is 452 g/mol. The Kier molecular flexibility index (Phi) is 8.75. The fourth-order valence-electron chi connectivity index (χ4n) is 2.54. The number of nitrogens with zero attached hydrogens (tertiary/aromatic N) is 2. The van der Waals surface area contributed by atoms with Crippen LogP contribution in [0.3, 0.4) is 0 Å². The van der Waals surface area contributed by atoms with Crippen molar-refractivity contribution in [3.05, 3.63) is 64.7 Å². The van der Waals surface area contributed by atoms with Crippen LogP contribution in [0.1, 0.15) is 22.3 Å². The van der Waals surface area contributed by atoms with Gasteiger partial charge in [-0.2, -0.15) is 0 Å². The molecule has 0 fully saturated rings. The van der Waals surface area contributed by atoms with Gasteiger partial charge in [-0.3, -0.25) is 4.99 Å². The highest BCUT2D eigenvalue weighted by molar-refractivity contribution is 14.0. The third-order valence-corrected chi connectivity index (χ3v) is 4.22. The predicted molar refractivity (Wildman–Crippen MR) is 119 cm³/mol. The summed E-state index contributed by atoms with van der Waals surface area (Å²) in [6.07, 6.45) is 0. The minimum absolute atomic E-state index is 0. The summed E-state index contributed by atoms with van der Waals surface area (Å²) >= 11 is 0. The van der Waals surface area contributed by atoms with Crippen molar-refractivity contribution >= 4 is 35.6 Å². The number of hydrogen-bond donors (Lipinski definition) is 2. The van der Waals surface area contributed by atoms with Crippen LogP contribution in [0, 0.1) is 13.8 Å². The summed E-state index contributed by atoms with van der Waals surface area (Å²) in [5.41, 5.74) is 6.35. The summed E-state index contributed by atoms with van der Waals surface area (Å²) in [5, 5.41) is 6.77. The summed E-state index contributed by atoms with van der Waals surface area (Å²) in [7, 11) is 5.92. The van der Waals surface area contributed by atoms with Gasteiger partial charge in [-0.15, -0.1) is 24.0 Å². The van der Waals surface area contributed by atoms with Crippen molar-refractivity contribution < 1.29 is 0 Å². The number of aryl methyl sites for hydroxylation is 2. The number of aliphatic imine (C=N–C) groups is 1. The molecule has 4 nitrogen and oxygen atoms in total. The molecule has 5 heteroatoms. The molecule has 136 valence electrons. The second-order valence-electron chi connectivity index (χ2n) is 6.21. The molecule has 2 rings (SSSR count). The first-order valence-electron chi connectivity index (χ1n) is 8.27. The Labute approximate surface area is 168 Å². The van der Waals surface area contributed by atoms with Gasteiger partial charge < -0.3 is 15.5 Å². The molecule has 2 aromatic rings. The average Bonchev–Trinajstić information content (AvgIpc) is 2.57. The van der Waals surface area contributed by atoms with E-state index in [1.807, 2.05) is 0 Å². The molecular weight excluding hydrogens is 423 g/mol. The van der Waals surface area contributed by atoms with Crippen LogP contribution in [-0.2, 0) is 13.1 Å². The van der Waals surface area contributed by atoms with Crippen LogP contribution in [0.25, 0.3) is 0 Å². The van der Waals surface area contributed by atoms with E-state index in [4.69, 9.17) is 0 Å². The Morgan fingerprint density at radius 2 is 1.52 bits per heavy atom. The van der Waals surface area contributed by atoms with Crippen molar-refractivity contribution in [1.29, 1.82) is 0 Å². The smallest absolute Gasteiger partial charge is 0.191 e. The van der Waals surface area contributed by atoms with Gasteiger partial charge in [-0.25, -0.2) is 0 Å². The van der Waals surface area contributed by atoms with E-state index in [-0.39, 0.29) is 24.0 Å². The molecule has 25 heavy (non-hydrogen) atoms. The molecule has 0 heterocycles. The molecule has 0 unspecified atom stereocenters. The summed E-state index contributed by atoms with van der Waals surface area (Å²) in [5.74, 6) is 0.814. The first kappa shape index (κ1) is 21.3. The van der Waals surface area contributed by atoms with Gasteiger partial charge in [0, 0.05) is 39.9 Å². The van der Waals surface area contributed by atoms with Crippen LogP contribution in [0.2, 0.25) is 0 Å². The van der Waals surface area contributed by atoms with Crippen LogP contribution < -0.4 is 15.5 Å². The molecular formula is C20H29IN4. The fraction of sp³-hybridized carbons (Fsp3) is 0.350. The summed E-state index contributed by atoms with van der Waals surface area (Å²) < 4.78 is 0. The molecule has 0 atom stereocenters. The van der Waals surface area contributed by atoms with Gasteiger partial charge in [0.2, 0.25) is 0 Å². The Balaban J connectivity index is 0.00000312. The first-order chi connectivity index (χ1) is 11.5. The molecule has 2 aromatic carbocycles. The molecule has 0 bridgehead atoms. The van der Waals surface area contributed by atoms with Gasteiger partial charge >= 0.3 is 0 Å². The standard InChI is InChI=1S/C20H28N4.HI/c1-15-8-6-7-9-17(15)13-22-20(21-3)23-14-18-10-11-19(24(4)5)12-16(18)2;/h6-12H,13-14H2,1-5H3,(H2,21,22,23);1H.